The Hall–Kier alpha value is -2.12. The minimum atomic E-state index is -3.54. The maximum absolute atomic E-state index is 12.8. The van der Waals surface area contributed by atoms with Crippen LogP contribution in [0.2, 0.25) is 0 Å². The highest BCUT2D eigenvalue weighted by Crippen LogP contribution is 2.24. The molecule has 7 heteroatoms. The summed E-state index contributed by atoms with van der Waals surface area (Å²) in [6.45, 7) is 3.20. The highest BCUT2D eigenvalue weighted by molar-refractivity contribution is 7.90. The van der Waals surface area contributed by atoms with Crippen molar-refractivity contribution in [3.63, 3.8) is 0 Å². The van der Waals surface area contributed by atoms with Gasteiger partial charge in [-0.2, -0.15) is 0 Å². The van der Waals surface area contributed by atoms with Gasteiger partial charge in [-0.25, -0.2) is 8.42 Å². The van der Waals surface area contributed by atoms with Crippen LogP contribution in [0.4, 0.5) is 0 Å². The smallest absolute Gasteiger partial charge is 0.289 e. The third-order valence-corrected chi connectivity index (χ3v) is 6.64. The van der Waals surface area contributed by atoms with Gasteiger partial charge in [0.1, 0.15) is 0 Å². The first-order chi connectivity index (χ1) is 12.4. The summed E-state index contributed by atoms with van der Waals surface area (Å²) in [5, 5.41) is 0. The van der Waals surface area contributed by atoms with Crippen molar-refractivity contribution >= 4 is 15.7 Å². The minimum absolute atomic E-state index is 0.113. The molecule has 0 bridgehead atoms. The number of amides is 1. The first kappa shape index (κ1) is 18.7. The molecule has 1 amide bonds. The van der Waals surface area contributed by atoms with Gasteiger partial charge in [-0.05, 0) is 43.9 Å². The molecular weight excluding hydrogens is 352 g/mol. The molecule has 140 valence electrons. The fourth-order valence-electron chi connectivity index (χ4n) is 3.32. The summed E-state index contributed by atoms with van der Waals surface area (Å²) < 4.78 is 30.5. The standard InChI is InChI=1S/C19H24N2O4S/c1-14(20)15-7-10-21(11-8-15)19(22)18-16(9-12-25-18)13-26(23,24)17-5-3-2-4-6-17/h2-6,9,12,14-15H,7-8,10-11,13,20H2,1H3. The van der Waals surface area contributed by atoms with Crippen LogP contribution in [0, 0.1) is 5.92 Å². The average Bonchev–Trinajstić information content (AvgIpc) is 3.09. The van der Waals surface area contributed by atoms with E-state index >= 15 is 0 Å². The average molecular weight is 376 g/mol. The van der Waals surface area contributed by atoms with Crippen molar-refractivity contribution in [2.75, 3.05) is 13.1 Å². The summed E-state index contributed by atoms with van der Waals surface area (Å²) in [4.78, 5) is 14.7. The highest BCUT2D eigenvalue weighted by atomic mass is 32.2. The lowest BCUT2D eigenvalue weighted by molar-refractivity contribution is 0.0648. The molecule has 1 aliphatic rings. The van der Waals surface area contributed by atoms with E-state index in [9.17, 15) is 13.2 Å². The van der Waals surface area contributed by atoms with Crippen LogP contribution < -0.4 is 5.73 Å². The Morgan fingerprint density at radius 3 is 2.50 bits per heavy atom. The fraction of sp³-hybridized carbons (Fsp3) is 0.421. The number of carbonyl (C=O) groups is 1. The number of benzene rings is 1. The van der Waals surface area contributed by atoms with Crippen LogP contribution in [-0.4, -0.2) is 38.4 Å². The van der Waals surface area contributed by atoms with Crippen LogP contribution in [0.25, 0.3) is 0 Å². The number of piperidine rings is 1. The van der Waals surface area contributed by atoms with Gasteiger partial charge < -0.3 is 15.1 Å². The normalized spacial score (nSPS) is 17.2. The number of hydrogen-bond donors (Lipinski definition) is 1. The zero-order valence-electron chi connectivity index (χ0n) is 14.8. The summed E-state index contributed by atoms with van der Waals surface area (Å²) in [5.41, 5.74) is 6.34. The molecule has 2 heterocycles. The van der Waals surface area contributed by atoms with Gasteiger partial charge in [0.15, 0.2) is 15.6 Å². The molecule has 26 heavy (non-hydrogen) atoms. The van der Waals surface area contributed by atoms with Gasteiger partial charge in [0.25, 0.3) is 5.91 Å². The number of hydrogen-bond acceptors (Lipinski definition) is 5. The van der Waals surface area contributed by atoms with E-state index in [1.807, 2.05) is 6.92 Å². The highest BCUT2D eigenvalue weighted by Gasteiger charge is 2.29. The molecule has 1 unspecified atom stereocenters. The monoisotopic (exact) mass is 376 g/mol. The van der Waals surface area contributed by atoms with E-state index < -0.39 is 9.84 Å². The third kappa shape index (κ3) is 3.99. The maximum atomic E-state index is 12.8. The number of nitrogens with zero attached hydrogens (tertiary/aromatic N) is 1. The second-order valence-corrected chi connectivity index (χ2v) is 8.83. The molecule has 0 spiro atoms. The van der Waals surface area contributed by atoms with Gasteiger partial charge in [0.05, 0.1) is 16.9 Å². The van der Waals surface area contributed by atoms with E-state index in [1.54, 1.807) is 41.3 Å². The van der Waals surface area contributed by atoms with Crippen molar-refractivity contribution < 1.29 is 17.6 Å². The summed E-state index contributed by atoms with van der Waals surface area (Å²) in [5.74, 6) is 0.0129. The molecule has 2 aromatic rings. The lowest BCUT2D eigenvalue weighted by atomic mass is 9.91. The molecule has 1 saturated heterocycles. The van der Waals surface area contributed by atoms with Crippen LogP contribution >= 0.6 is 0 Å². The number of nitrogens with two attached hydrogens (primary N) is 1. The fourth-order valence-corrected chi connectivity index (χ4v) is 4.70. The van der Waals surface area contributed by atoms with Crippen molar-refractivity contribution in [1.82, 2.24) is 4.90 Å². The Kier molecular flexibility index (Phi) is 5.48. The van der Waals surface area contributed by atoms with Gasteiger partial charge in [0.2, 0.25) is 0 Å². The van der Waals surface area contributed by atoms with Crippen molar-refractivity contribution in [2.45, 2.75) is 36.5 Å². The molecule has 1 atom stereocenters. The van der Waals surface area contributed by atoms with Crippen LogP contribution in [0.1, 0.15) is 35.9 Å². The van der Waals surface area contributed by atoms with E-state index in [4.69, 9.17) is 10.2 Å². The molecule has 2 N–H and O–H groups in total. The first-order valence-electron chi connectivity index (χ1n) is 8.77. The minimum Gasteiger partial charge on any atom is -0.459 e. The van der Waals surface area contributed by atoms with Crippen molar-refractivity contribution in [2.24, 2.45) is 11.7 Å². The van der Waals surface area contributed by atoms with E-state index in [2.05, 4.69) is 0 Å². The molecule has 6 nitrogen and oxygen atoms in total. The first-order valence-corrected chi connectivity index (χ1v) is 10.4. The number of carbonyl (C=O) groups excluding carboxylic acids is 1. The van der Waals surface area contributed by atoms with Crippen LogP contribution in [0.15, 0.2) is 52.0 Å². The molecule has 1 aromatic heterocycles. The zero-order valence-corrected chi connectivity index (χ0v) is 15.6. The van der Waals surface area contributed by atoms with Crippen LogP contribution in [-0.2, 0) is 15.6 Å². The zero-order chi connectivity index (χ0) is 18.7. The van der Waals surface area contributed by atoms with E-state index in [0.717, 1.165) is 12.8 Å². The van der Waals surface area contributed by atoms with Gasteiger partial charge in [-0.15, -0.1) is 0 Å². The molecule has 1 aliphatic heterocycles. The molecule has 1 fully saturated rings. The van der Waals surface area contributed by atoms with Crippen molar-refractivity contribution in [3.05, 3.63) is 54.0 Å². The van der Waals surface area contributed by atoms with Crippen molar-refractivity contribution in [3.8, 4) is 0 Å². The van der Waals surface area contributed by atoms with Gasteiger partial charge in [-0.3, -0.25) is 4.79 Å². The summed E-state index contributed by atoms with van der Waals surface area (Å²) >= 11 is 0. The van der Waals surface area contributed by atoms with Crippen LogP contribution in [0.3, 0.4) is 0 Å². The molecule has 1 aromatic carbocycles. The largest absolute Gasteiger partial charge is 0.459 e. The lowest BCUT2D eigenvalue weighted by Crippen LogP contribution is -2.42. The third-order valence-electron chi connectivity index (χ3n) is 4.96. The van der Waals surface area contributed by atoms with E-state index in [-0.39, 0.29) is 28.4 Å². The van der Waals surface area contributed by atoms with Crippen LogP contribution in [0.5, 0.6) is 0 Å². The number of sulfone groups is 1. The Morgan fingerprint density at radius 1 is 1.23 bits per heavy atom. The summed E-state index contributed by atoms with van der Waals surface area (Å²) in [6, 6.07) is 9.89. The summed E-state index contributed by atoms with van der Waals surface area (Å²) in [6.07, 6.45) is 3.07. The molecule has 0 saturated carbocycles. The maximum Gasteiger partial charge on any atom is 0.289 e. The Labute approximate surface area is 153 Å². The topological polar surface area (TPSA) is 93.6 Å². The molecular formula is C19H24N2O4S. The Morgan fingerprint density at radius 2 is 1.88 bits per heavy atom. The molecule has 3 rings (SSSR count). The van der Waals surface area contributed by atoms with Gasteiger partial charge in [-0.1, -0.05) is 18.2 Å². The second-order valence-electron chi connectivity index (χ2n) is 6.84. The Balaban J connectivity index is 1.74. The predicted octanol–water partition coefficient (Wildman–Crippen LogP) is 2.45. The van der Waals surface area contributed by atoms with Crippen molar-refractivity contribution in [1.29, 1.82) is 0 Å². The lowest BCUT2D eigenvalue weighted by Gasteiger charge is -2.33. The predicted molar refractivity (Wildman–Crippen MR) is 98.3 cm³/mol. The quantitative estimate of drug-likeness (QED) is 0.865. The number of furan rings is 1. The number of likely N-dealkylation sites (tertiary alicyclic amines) is 1. The molecule has 0 radical (unpaired) electrons. The summed E-state index contributed by atoms with van der Waals surface area (Å²) in [7, 11) is -3.54. The van der Waals surface area contributed by atoms with Gasteiger partial charge >= 0.3 is 0 Å². The Bertz CT molecular complexity index is 851. The van der Waals surface area contributed by atoms with E-state index in [0.29, 0.717) is 24.6 Å². The SMILES string of the molecule is CC(N)C1CCN(C(=O)c2occc2CS(=O)(=O)c2ccccc2)CC1. The van der Waals surface area contributed by atoms with Gasteiger partial charge in [0, 0.05) is 24.7 Å². The second kappa shape index (κ2) is 7.63. The van der Waals surface area contributed by atoms with E-state index in [1.165, 1.54) is 6.26 Å². The molecule has 0 aliphatic carbocycles. The number of rotatable bonds is 5.